The summed E-state index contributed by atoms with van der Waals surface area (Å²) in [6.45, 7) is 7.80. The van der Waals surface area contributed by atoms with E-state index in [1.54, 1.807) is 0 Å². The van der Waals surface area contributed by atoms with Crippen LogP contribution in [-0.2, 0) is 9.59 Å². The van der Waals surface area contributed by atoms with Gasteiger partial charge in [0.25, 0.3) is 0 Å². The maximum atomic E-state index is 11.4. The van der Waals surface area contributed by atoms with Crippen LogP contribution in [0.5, 0.6) is 0 Å². The molecule has 1 unspecified atom stereocenters. The van der Waals surface area contributed by atoms with Crippen LogP contribution in [0.2, 0.25) is 0 Å². The molecule has 1 aliphatic rings. The Labute approximate surface area is 83.9 Å². The molecule has 0 bridgehead atoms. The Morgan fingerprint density at radius 2 is 2.07 bits per heavy atom. The smallest absolute Gasteiger partial charge is 0.326 e. The summed E-state index contributed by atoms with van der Waals surface area (Å²) < 4.78 is 0. The van der Waals surface area contributed by atoms with Gasteiger partial charge in [-0.05, 0) is 19.8 Å². The minimum absolute atomic E-state index is 0.0592. The van der Waals surface area contributed by atoms with E-state index in [0.717, 1.165) is 0 Å². The van der Waals surface area contributed by atoms with E-state index in [-0.39, 0.29) is 23.8 Å². The number of hydrogen-bond donors (Lipinski definition) is 1. The van der Waals surface area contributed by atoms with Crippen molar-refractivity contribution in [3.8, 4) is 0 Å². The molecular formula is C10H17NO3. The Hall–Kier alpha value is -1.06. The average Bonchev–Trinajstić information content (AvgIpc) is 1.98. The molecule has 1 rings (SSSR count). The number of likely N-dealkylation sites (tertiary alicyclic amines) is 1. The molecule has 0 aliphatic carbocycles. The summed E-state index contributed by atoms with van der Waals surface area (Å²) in [7, 11) is 0. The van der Waals surface area contributed by atoms with Crippen LogP contribution in [0.3, 0.4) is 0 Å². The summed E-state index contributed by atoms with van der Waals surface area (Å²) in [6, 6.07) is -0.625. The van der Waals surface area contributed by atoms with Crippen molar-refractivity contribution in [1.29, 1.82) is 0 Å². The van der Waals surface area contributed by atoms with Crippen LogP contribution in [0.4, 0.5) is 0 Å². The summed E-state index contributed by atoms with van der Waals surface area (Å²) >= 11 is 0. The summed E-state index contributed by atoms with van der Waals surface area (Å²) in [4.78, 5) is 23.7. The lowest BCUT2D eigenvalue weighted by Gasteiger charge is -2.50. The Kier molecular flexibility index (Phi) is 2.56. The van der Waals surface area contributed by atoms with Crippen molar-refractivity contribution in [3.63, 3.8) is 0 Å². The fourth-order valence-corrected chi connectivity index (χ4v) is 1.62. The summed E-state index contributed by atoms with van der Waals surface area (Å²) in [5.74, 6) is -0.719. The number of carboxylic acid groups (broad SMARTS) is 1. The Morgan fingerprint density at radius 1 is 1.57 bits per heavy atom. The van der Waals surface area contributed by atoms with Gasteiger partial charge in [0.1, 0.15) is 6.04 Å². The normalized spacial score (nSPS) is 22.5. The zero-order valence-corrected chi connectivity index (χ0v) is 9.07. The minimum Gasteiger partial charge on any atom is -0.480 e. The molecular weight excluding hydrogens is 182 g/mol. The van der Waals surface area contributed by atoms with E-state index in [0.29, 0.717) is 0 Å². The maximum absolute atomic E-state index is 11.4. The quantitative estimate of drug-likeness (QED) is 0.692. The number of amides is 1. The second-order valence-corrected chi connectivity index (χ2v) is 4.63. The van der Waals surface area contributed by atoms with Gasteiger partial charge in [-0.1, -0.05) is 13.8 Å². The second-order valence-electron chi connectivity index (χ2n) is 4.63. The van der Waals surface area contributed by atoms with Crippen LogP contribution >= 0.6 is 0 Å². The van der Waals surface area contributed by atoms with Crippen LogP contribution in [0.15, 0.2) is 0 Å². The maximum Gasteiger partial charge on any atom is 0.326 e. The topological polar surface area (TPSA) is 57.6 Å². The van der Waals surface area contributed by atoms with Gasteiger partial charge in [0.15, 0.2) is 0 Å². The van der Waals surface area contributed by atoms with E-state index in [1.165, 1.54) is 4.90 Å². The molecule has 1 heterocycles. The molecule has 0 saturated carbocycles. The fraction of sp³-hybridized carbons (Fsp3) is 0.800. The summed E-state index contributed by atoms with van der Waals surface area (Å²) in [5.41, 5.74) is -0.377. The van der Waals surface area contributed by atoms with E-state index < -0.39 is 12.0 Å². The highest BCUT2D eigenvalue weighted by atomic mass is 16.4. The van der Waals surface area contributed by atoms with Crippen LogP contribution in [0.1, 0.15) is 34.1 Å². The third-order valence-electron chi connectivity index (χ3n) is 3.27. The number of carboxylic acids is 1. The summed E-state index contributed by atoms with van der Waals surface area (Å²) in [5, 5.41) is 8.87. The zero-order valence-electron chi connectivity index (χ0n) is 9.07. The second kappa shape index (κ2) is 3.26. The lowest BCUT2D eigenvalue weighted by molar-refractivity contribution is -0.172. The molecule has 0 radical (unpaired) electrons. The first-order chi connectivity index (χ1) is 6.28. The lowest BCUT2D eigenvalue weighted by atomic mass is 9.83. The summed E-state index contributed by atoms with van der Waals surface area (Å²) in [6.07, 6.45) is 0.144. The molecule has 14 heavy (non-hydrogen) atoms. The van der Waals surface area contributed by atoms with Gasteiger partial charge in [-0.2, -0.15) is 0 Å². The molecule has 4 nitrogen and oxygen atoms in total. The van der Waals surface area contributed by atoms with Crippen molar-refractivity contribution in [2.45, 2.75) is 45.7 Å². The van der Waals surface area contributed by atoms with E-state index in [9.17, 15) is 9.59 Å². The molecule has 1 atom stereocenters. The molecule has 1 saturated heterocycles. The largest absolute Gasteiger partial charge is 0.480 e. The van der Waals surface area contributed by atoms with Crippen molar-refractivity contribution in [2.75, 3.05) is 0 Å². The number of carbonyl (C=O) groups excluding carboxylic acids is 1. The van der Waals surface area contributed by atoms with E-state index in [4.69, 9.17) is 5.11 Å². The van der Waals surface area contributed by atoms with E-state index in [2.05, 4.69) is 0 Å². The predicted molar refractivity (Wildman–Crippen MR) is 51.8 cm³/mol. The first-order valence-corrected chi connectivity index (χ1v) is 4.83. The molecule has 0 spiro atoms. The highest BCUT2D eigenvalue weighted by Crippen LogP contribution is 2.34. The zero-order chi connectivity index (χ0) is 11.1. The van der Waals surface area contributed by atoms with Gasteiger partial charge >= 0.3 is 5.97 Å². The molecule has 1 N–H and O–H groups in total. The molecule has 80 valence electrons. The molecule has 4 heteroatoms. The number of aliphatic carboxylic acids is 1. The first kappa shape index (κ1) is 11.0. The predicted octanol–water partition coefficient (Wildman–Crippen LogP) is 1.11. The van der Waals surface area contributed by atoms with Gasteiger partial charge in [-0.15, -0.1) is 0 Å². The Morgan fingerprint density at radius 3 is 2.36 bits per heavy atom. The third-order valence-corrected chi connectivity index (χ3v) is 3.27. The molecule has 1 fully saturated rings. The van der Waals surface area contributed by atoms with E-state index >= 15 is 0 Å². The number of rotatable bonds is 3. The highest BCUT2D eigenvalue weighted by molar-refractivity contribution is 5.94. The number of nitrogens with zero attached hydrogens (tertiary/aromatic N) is 1. The Balaban J connectivity index is 2.85. The van der Waals surface area contributed by atoms with Crippen molar-refractivity contribution in [2.24, 2.45) is 5.92 Å². The van der Waals surface area contributed by atoms with Crippen molar-refractivity contribution in [1.82, 2.24) is 4.90 Å². The standard InChI is InChI=1S/C10H17NO3/c1-6(2)10(3,4)11-7(9(13)14)5-8(11)12/h6-7H,5H2,1-4H3,(H,13,14). The van der Waals surface area contributed by atoms with Crippen LogP contribution in [0.25, 0.3) is 0 Å². The van der Waals surface area contributed by atoms with Crippen molar-refractivity contribution in [3.05, 3.63) is 0 Å². The number of β-lactam (4-membered cyclic amide) rings is 1. The number of hydrogen-bond acceptors (Lipinski definition) is 2. The van der Waals surface area contributed by atoms with E-state index in [1.807, 2.05) is 27.7 Å². The Bertz CT molecular complexity index is 271. The van der Waals surface area contributed by atoms with Gasteiger partial charge in [0, 0.05) is 5.54 Å². The number of carbonyl (C=O) groups is 2. The molecule has 0 aromatic rings. The van der Waals surface area contributed by atoms with Crippen LogP contribution in [-0.4, -0.2) is 33.5 Å². The van der Waals surface area contributed by atoms with Crippen LogP contribution in [0, 0.1) is 5.92 Å². The third kappa shape index (κ3) is 1.49. The van der Waals surface area contributed by atoms with Crippen LogP contribution < -0.4 is 0 Å². The molecule has 1 aliphatic heterocycles. The average molecular weight is 199 g/mol. The lowest BCUT2D eigenvalue weighted by Crippen LogP contribution is -2.66. The monoisotopic (exact) mass is 199 g/mol. The van der Waals surface area contributed by atoms with Gasteiger partial charge in [-0.3, -0.25) is 4.79 Å². The minimum atomic E-state index is -0.904. The van der Waals surface area contributed by atoms with Crippen molar-refractivity contribution >= 4 is 11.9 Å². The van der Waals surface area contributed by atoms with Gasteiger partial charge in [0.2, 0.25) is 5.91 Å². The van der Waals surface area contributed by atoms with Gasteiger partial charge in [0.05, 0.1) is 6.42 Å². The molecule has 1 amide bonds. The van der Waals surface area contributed by atoms with Gasteiger partial charge < -0.3 is 10.0 Å². The molecule has 0 aromatic heterocycles. The highest BCUT2D eigenvalue weighted by Gasteiger charge is 2.49. The first-order valence-electron chi connectivity index (χ1n) is 4.83. The molecule has 0 aromatic carbocycles. The van der Waals surface area contributed by atoms with Gasteiger partial charge in [-0.25, -0.2) is 4.79 Å². The fourth-order valence-electron chi connectivity index (χ4n) is 1.62. The van der Waals surface area contributed by atoms with Crippen molar-refractivity contribution < 1.29 is 14.7 Å². The SMILES string of the molecule is CC(C)C(C)(C)N1C(=O)CC1C(=O)O.